The van der Waals surface area contributed by atoms with Gasteiger partial charge >= 0.3 is 25.3 Å². The van der Waals surface area contributed by atoms with Gasteiger partial charge in [-0.15, -0.1) is 0 Å². The number of phosphoric ester groups is 1. The van der Waals surface area contributed by atoms with Crippen molar-refractivity contribution in [3.63, 3.8) is 0 Å². The lowest BCUT2D eigenvalue weighted by Gasteiger charge is -2.35. The van der Waals surface area contributed by atoms with Crippen LogP contribution in [0.15, 0.2) is 17.1 Å². The number of hydrogen-bond donors (Lipinski definition) is 6. The van der Waals surface area contributed by atoms with Gasteiger partial charge in [-0.05, 0) is 6.07 Å². The molecule has 1 aromatic heterocycles. The summed E-state index contributed by atoms with van der Waals surface area (Å²) in [7, 11) is -5.56. The number of aromatic nitrogens is 2. The number of nitrogens with two attached hydrogens (primary N) is 1. The third kappa shape index (κ3) is 2.88. The molecular formula is C9H13FN3O9P. The van der Waals surface area contributed by atoms with Crippen LogP contribution in [0.1, 0.15) is 0 Å². The van der Waals surface area contributed by atoms with Gasteiger partial charge in [-0.1, -0.05) is 0 Å². The average molecular weight is 357 g/mol. The molecule has 0 aromatic carbocycles. The molecule has 0 aliphatic carbocycles. The molecule has 0 amide bonds. The Morgan fingerprint density at radius 2 is 2.17 bits per heavy atom. The van der Waals surface area contributed by atoms with E-state index in [4.69, 9.17) is 25.4 Å². The Hall–Kier alpha value is -1.44. The highest BCUT2D eigenvalue weighted by molar-refractivity contribution is 7.46. The smallest absolute Gasteiger partial charge is 0.394 e. The van der Waals surface area contributed by atoms with E-state index in [1.165, 1.54) is 0 Å². The lowest BCUT2D eigenvalue weighted by Crippen LogP contribution is -2.58. The number of nitrogens with zero attached hydrogens (tertiary/aromatic N) is 2. The molecular weight excluding hydrogens is 344 g/mol. The molecule has 2 heterocycles. The van der Waals surface area contributed by atoms with Crippen molar-refractivity contribution in [1.29, 1.82) is 0 Å². The average Bonchev–Trinajstić information content (AvgIpc) is 2.58. The SMILES string of the molecule is Nc1ccn([C@]2(OP(=O)(O)O)O[C@H](CO)[C@@H](O)[C@]2(O)F)c(=O)n1. The van der Waals surface area contributed by atoms with Crippen molar-refractivity contribution in [1.82, 2.24) is 9.55 Å². The second-order valence-electron chi connectivity index (χ2n) is 4.63. The molecule has 0 radical (unpaired) electrons. The molecule has 0 spiro atoms. The lowest BCUT2D eigenvalue weighted by molar-refractivity contribution is -0.354. The van der Waals surface area contributed by atoms with E-state index in [0.29, 0.717) is 6.20 Å². The van der Waals surface area contributed by atoms with Crippen LogP contribution >= 0.6 is 7.82 Å². The number of aliphatic hydroxyl groups is 3. The van der Waals surface area contributed by atoms with E-state index in [0.717, 1.165) is 6.07 Å². The summed E-state index contributed by atoms with van der Waals surface area (Å²) < 4.78 is 34.7. The first-order valence-corrected chi connectivity index (χ1v) is 7.47. The molecule has 1 aliphatic heterocycles. The van der Waals surface area contributed by atoms with Crippen LogP contribution in [0.25, 0.3) is 0 Å². The predicted octanol–water partition coefficient (Wildman–Crippen LogP) is -3.04. The lowest BCUT2D eigenvalue weighted by atomic mass is 10.1. The third-order valence-electron chi connectivity index (χ3n) is 3.06. The maximum absolute atomic E-state index is 14.6. The predicted molar refractivity (Wildman–Crippen MR) is 68.0 cm³/mol. The minimum absolute atomic E-state index is 0.0569. The van der Waals surface area contributed by atoms with E-state index in [1.807, 2.05) is 0 Å². The Morgan fingerprint density at radius 3 is 2.61 bits per heavy atom. The molecule has 1 aromatic rings. The van der Waals surface area contributed by atoms with Gasteiger partial charge in [0.05, 0.1) is 6.61 Å². The van der Waals surface area contributed by atoms with Crippen LogP contribution in [-0.2, 0) is 19.7 Å². The first kappa shape index (κ1) is 17.9. The van der Waals surface area contributed by atoms with Crippen molar-refractivity contribution in [3.05, 3.63) is 22.7 Å². The van der Waals surface area contributed by atoms with E-state index >= 15 is 0 Å². The van der Waals surface area contributed by atoms with Gasteiger partial charge in [-0.2, -0.15) is 4.98 Å². The number of ether oxygens (including phenoxy) is 1. The van der Waals surface area contributed by atoms with Gasteiger partial charge in [0, 0.05) is 6.20 Å². The Bertz CT molecular complexity index is 706. The highest BCUT2D eigenvalue weighted by Gasteiger charge is 2.72. The number of phosphoric acid groups is 1. The van der Waals surface area contributed by atoms with Gasteiger partial charge in [0.2, 0.25) is 0 Å². The number of aliphatic hydroxyl groups excluding tert-OH is 2. The Balaban J connectivity index is 2.72. The van der Waals surface area contributed by atoms with Gasteiger partial charge in [-0.3, -0.25) is 0 Å². The van der Waals surface area contributed by atoms with Crippen molar-refractivity contribution in [2.24, 2.45) is 0 Å². The molecule has 4 atom stereocenters. The first-order chi connectivity index (χ1) is 10.4. The maximum Gasteiger partial charge on any atom is 0.473 e. The summed E-state index contributed by atoms with van der Waals surface area (Å²) >= 11 is 0. The number of halogens is 1. The van der Waals surface area contributed by atoms with Gasteiger partial charge in [0.25, 0.3) is 0 Å². The largest absolute Gasteiger partial charge is 0.473 e. The van der Waals surface area contributed by atoms with E-state index in [1.54, 1.807) is 0 Å². The summed E-state index contributed by atoms with van der Waals surface area (Å²) in [6, 6.07) is 0.921. The fourth-order valence-electron chi connectivity index (χ4n) is 2.08. The van der Waals surface area contributed by atoms with Crippen molar-refractivity contribution >= 4 is 13.6 Å². The molecule has 14 heteroatoms. The Labute approximate surface area is 126 Å². The highest BCUT2D eigenvalue weighted by atomic mass is 31.2. The van der Waals surface area contributed by atoms with Crippen LogP contribution in [0.4, 0.5) is 10.2 Å². The fraction of sp³-hybridized carbons (Fsp3) is 0.556. The number of rotatable bonds is 4. The number of anilines is 1. The van der Waals surface area contributed by atoms with Crippen molar-refractivity contribution in [3.8, 4) is 0 Å². The van der Waals surface area contributed by atoms with Gasteiger partial charge < -0.3 is 35.6 Å². The molecule has 2 rings (SSSR count). The molecule has 23 heavy (non-hydrogen) atoms. The number of alkyl halides is 1. The van der Waals surface area contributed by atoms with Crippen LogP contribution in [-0.4, -0.2) is 59.3 Å². The van der Waals surface area contributed by atoms with Crippen LogP contribution in [0, 0.1) is 0 Å². The molecule has 130 valence electrons. The molecule has 12 nitrogen and oxygen atoms in total. The summed E-state index contributed by atoms with van der Waals surface area (Å²) in [6.07, 6.45) is -3.68. The summed E-state index contributed by atoms with van der Waals surface area (Å²) in [5.74, 6) is -7.85. The summed E-state index contributed by atoms with van der Waals surface area (Å²) in [6.45, 7) is -1.06. The van der Waals surface area contributed by atoms with E-state index < -0.39 is 44.1 Å². The summed E-state index contributed by atoms with van der Waals surface area (Å²) in [4.78, 5) is 32.9. The zero-order chi connectivity index (χ0) is 17.6. The Kier molecular flexibility index (Phi) is 4.34. The minimum Gasteiger partial charge on any atom is -0.394 e. The van der Waals surface area contributed by atoms with Gasteiger partial charge in [-0.25, -0.2) is 22.8 Å². The zero-order valence-corrected chi connectivity index (χ0v) is 12.1. The van der Waals surface area contributed by atoms with Crippen molar-refractivity contribution < 1.29 is 43.3 Å². The van der Waals surface area contributed by atoms with E-state index in [9.17, 15) is 24.0 Å². The molecule has 1 saturated heterocycles. The molecule has 1 aliphatic rings. The van der Waals surface area contributed by atoms with E-state index in [2.05, 4.69) is 9.51 Å². The standard InChI is InChI=1S/C9H13FN3O9P/c10-8(17)6(15)4(3-14)21-9(8,22-23(18,19)20)13-2-1-5(11)12-7(13)16/h1-2,4,6,14-15,17H,3H2,(H2,11,12,16)(H2,18,19,20)/t4-,6-,8-,9+/m1/s1. The van der Waals surface area contributed by atoms with Crippen LogP contribution in [0.3, 0.4) is 0 Å². The van der Waals surface area contributed by atoms with Crippen LogP contribution in [0.2, 0.25) is 0 Å². The first-order valence-electron chi connectivity index (χ1n) is 5.94. The molecule has 0 unspecified atom stereocenters. The molecule has 0 bridgehead atoms. The molecule has 7 N–H and O–H groups in total. The summed E-state index contributed by atoms with van der Waals surface area (Å²) in [5.41, 5.74) is 3.84. The van der Waals surface area contributed by atoms with Gasteiger partial charge in [0.15, 0.2) is 0 Å². The molecule has 1 fully saturated rings. The van der Waals surface area contributed by atoms with Crippen LogP contribution in [0.5, 0.6) is 0 Å². The van der Waals surface area contributed by atoms with Crippen molar-refractivity contribution in [2.75, 3.05) is 12.3 Å². The van der Waals surface area contributed by atoms with Gasteiger partial charge in [0.1, 0.15) is 18.0 Å². The van der Waals surface area contributed by atoms with Crippen LogP contribution < -0.4 is 11.4 Å². The van der Waals surface area contributed by atoms with E-state index in [-0.39, 0.29) is 10.4 Å². The molecule has 0 saturated carbocycles. The highest BCUT2D eigenvalue weighted by Crippen LogP contribution is 2.53. The fourth-order valence-corrected chi connectivity index (χ4v) is 2.66. The summed E-state index contributed by atoms with van der Waals surface area (Å²) in [5, 5.41) is 28.5. The second kappa shape index (κ2) is 5.58. The number of nitrogen functional groups attached to an aromatic ring is 1. The monoisotopic (exact) mass is 357 g/mol. The quantitative estimate of drug-likeness (QED) is 0.299. The second-order valence-corrected chi connectivity index (χ2v) is 5.79. The minimum atomic E-state index is -5.56. The Morgan fingerprint density at radius 1 is 1.57 bits per heavy atom. The normalized spacial score (nSPS) is 34.7. The maximum atomic E-state index is 14.6. The topological polar surface area (TPSA) is 198 Å². The van der Waals surface area contributed by atoms with Crippen molar-refractivity contribution in [2.45, 2.75) is 24.0 Å². The number of hydrogen-bond acceptors (Lipinski definition) is 9. The third-order valence-corrected chi connectivity index (χ3v) is 3.55. The zero-order valence-electron chi connectivity index (χ0n) is 11.2.